The van der Waals surface area contributed by atoms with Crippen molar-refractivity contribution in [1.29, 1.82) is 0 Å². The summed E-state index contributed by atoms with van der Waals surface area (Å²) in [5.41, 5.74) is 5.82. The van der Waals surface area contributed by atoms with Crippen LogP contribution in [0.5, 0.6) is 0 Å². The van der Waals surface area contributed by atoms with Crippen molar-refractivity contribution < 1.29 is 19.1 Å². The van der Waals surface area contributed by atoms with Gasteiger partial charge in [0.15, 0.2) is 0 Å². The van der Waals surface area contributed by atoms with E-state index in [-0.39, 0.29) is 11.7 Å². The zero-order valence-electron chi connectivity index (χ0n) is 21.9. The summed E-state index contributed by atoms with van der Waals surface area (Å²) in [6.45, 7) is 5.29. The fourth-order valence-electron chi connectivity index (χ4n) is 6.25. The molecule has 0 radical (unpaired) electrons. The van der Waals surface area contributed by atoms with Gasteiger partial charge in [0.05, 0.1) is 13.0 Å². The number of esters is 1. The summed E-state index contributed by atoms with van der Waals surface area (Å²) in [4.78, 5) is 40.7. The van der Waals surface area contributed by atoms with Crippen LogP contribution >= 0.6 is 12.2 Å². The molecule has 4 rings (SSSR count). The molecule has 196 valence electrons. The van der Waals surface area contributed by atoms with Gasteiger partial charge in [0.2, 0.25) is 5.91 Å². The molecule has 2 fully saturated rings. The van der Waals surface area contributed by atoms with E-state index in [1.807, 2.05) is 0 Å². The summed E-state index contributed by atoms with van der Waals surface area (Å²) >= 11 is 5.48. The zero-order chi connectivity index (χ0) is 25.8. The minimum atomic E-state index is -0.662. The molecule has 0 bridgehead atoms. The fourth-order valence-corrected chi connectivity index (χ4v) is 6.60. The van der Waals surface area contributed by atoms with E-state index < -0.39 is 24.0 Å². The maximum atomic E-state index is 13.3. The first-order valence-corrected chi connectivity index (χ1v) is 14.0. The summed E-state index contributed by atoms with van der Waals surface area (Å²) in [5.74, 6) is -0.394. The summed E-state index contributed by atoms with van der Waals surface area (Å²) in [6, 6.07) is 3.52. The highest BCUT2D eigenvalue weighted by Crippen LogP contribution is 2.31. The predicted octanol–water partition coefficient (Wildman–Crippen LogP) is 4.05. The van der Waals surface area contributed by atoms with E-state index in [0.29, 0.717) is 30.8 Å². The summed E-state index contributed by atoms with van der Waals surface area (Å²) in [6.07, 6.45) is 9.58. The summed E-state index contributed by atoms with van der Waals surface area (Å²) < 4.78 is 4.87. The predicted molar refractivity (Wildman–Crippen MR) is 144 cm³/mol. The van der Waals surface area contributed by atoms with Crippen LogP contribution in [0.1, 0.15) is 73.6 Å². The number of nitrogens with zero attached hydrogens (tertiary/aromatic N) is 1. The normalized spacial score (nSPS) is 25.6. The molecule has 0 saturated carbocycles. The third-order valence-electron chi connectivity index (χ3n) is 8.48. The molecule has 1 N–H and O–H groups in total. The Hall–Kier alpha value is -2.12. The Morgan fingerprint density at radius 3 is 2.58 bits per heavy atom. The molecule has 7 heteroatoms. The lowest BCUT2D eigenvalue weighted by Crippen LogP contribution is -2.51. The van der Waals surface area contributed by atoms with Gasteiger partial charge in [-0.3, -0.25) is 9.59 Å². The Bertz CT molecular complexity index is 1020. The quantitative estimate of drug-likeness (QED) is 0.306. The van der Waals surface area contributed by atoms with Gasteiger partial charge in [0, 0.05) is 24.4 Å². The molecule has 1 amide bonds. The van der Waals surface area contributed by atoms with E-state index in [1.165, 1.54) is 55.0 Å². The lowest BCUT2D eigenvalue weighted by atomic mass is 9.80. The Morgan fingerprint density at radius 1 is 1.08 bits per heavy atom. The molecule has 1 aromatic rings. The number of Topliss-reactive ketones (excluding diaryl/α,β-unsaturated/α-hetero) is 1. The average molecular weight is 513 g/mol. The van der Waals surface area contributed by atoms with Crippen molar-refractivity contribution in [3.63, 3.8) is 0 Å². The second-order valence-electron chi connectivity index (χ2n) is 10.9. The highest BCUT2D eigenvalue weighted by Gasteiger charge is 2.45. The number of thiocarbonyl (C=S) groups is 1. The van der Waals surface area contributed by atoms with E-state index in [1.54, 1.807) is 4.90 Å². The number of nitrogens with one attached hydrogen (secondary N) is 1. The number of carbonyl (C=O) groups excluding carboxylic acids is 3. The molecule has 36 heavy (non-hydrogen) atoms. The van der Waals surface area contributed by atoms with Gasteiger partial charge in [-0.05, 0) is 80.5 Å². The van der Waals surface area contributed by atoms with Gasteiger partial charge in [0.1, 0.15) is 17.9 Å². The third-order valence-corrected chi connectivity index (χ3v) is 8.88. The van der Waals surface area contributed by atoms with Crippen LogP contribution in [0.15, 0.2) is 12.1 Å². The average Bonchev–Trinajstić information content (AvgIpc) is 3.50. The number of aryl methyl sites for hydroxylation is 3. The van der Waals surface area contributed by atoms with Crippen molar-refractivity contribution in [3.8, 4) is 0 Å². The molecule has 1 aliphatic carbocycles. The molecule has 6 nitrogen and oxygen atoms in total. The van der Waals surface area contributed by atoms with Gasteiger partial charge in [0.25, 0.3) is 0 Å². The second-order valence-corrected chi connectivity index (χ2v) is 11.4. The third kappa shape index (κ3) is 5.88. The van der Waals surface area contributed by atoms with E-state index in [2.05, 4.69) is 31.3 Å². The molecule has 3 aliphatic rings. The number of hydrogen-bond acceptors (Lipinski definition) is 6. The van der Waals surface area contributed by atoms with Crippen molar-refractivity contribution in [3.05, 3.63) is 34.4 Å². The maximum Gasteiger partial charge on any atom is 0.328 e. The largest absolute Gasteiger partial charge is 0.467 e. The smallest absolute Gasteiger partial charge is 0.328 e. The van der Waals surface area contributed by atoms with Gasteiger partial charge in [-0.15, -0.1) is 0 Å². The topological polar surface area (TPSA) is 75.7 Å². The van der Waals surface area contributed by atoms with E-state index in [9.17, 15) is 14.4 Å². The minimum absolute atomic E-state index is 0.0506. The molecular weight excluding hydrogens is 472 g/mol. The van der Waals surface area contributed by atoms with Crippen LogP contribution in [-0.2, 0) is 32.0 Å². The Labute approximate surface area is 220 Å². The Morgan fingerprint density at radius 2 is 1.83 bits per heavy atom. The number of carbonyl (C=O) groups is 3. The van der Waals surface area contributed by atoms with Crippen LogP contribution in [0.3, 0.4) is 0 Å². The molecule has 2 unspecified atom stereocenters. The SMILES string of the molecule is COC(=O)[C@@H]1CCCN1C(=O)[C@H]1NCC(=S)C1C(=O)CCCCCC1CCc2cc(C)c(C)cc2C1. The lowest BCUT2D eigenvalue weighted by Gasteiger charge is -2.28. The number of unbranched alkanes of at least 4 members (excludes halogenated alkanes) is 2. The highest BCUT2D eigenvalue weighted by molar-refractivity contribution is 7.80. The van der Waals surface area contributed by atoms with Crippen LogP contribution < -0.4 is 5.32 Å². The Kier molecular flexibility index (Phi) is 8.94. The van der Waals surface area contributed by atoms with Crippen molar-refractivity contribution >= 4 is 34.7 Å². The van der Waals surface area contributed by atoms with Gasteiger partial charge < -0.3 is 15.0 Å². The fraction of sp³-hybridized carbons (Fsp3) is 0.655. The number of amides is 1. The first-order valence-electron chi connectivity index (χ1n) is 13.6. The second kappa shape index (κ2) is 12.0. The van der Waals surface area contributed by atoms with Crippen LogP contribution in [0, 0.1) is 25.7 Å². The Balaban J connectivity index is 1.23. The number of benzene rings is 1. The van der Waals surface area contributed by atoms with Gasteiger partial charge in [-0.1, -0.05) is 43.6 Å². The van der Waals surface area contributed by atoms with Crippen molar-refractivity contribution in [1.82, 2.24) is 10.2 Å². The molecular formula is C29H40N2O4S. The molecule has 2 heterocycles. The molecule has 2 aliphatic heterocycles. The number of hydrogen-bond donors (Lipinski definition) is 1. The van der Waals surface area contributed by atoms with Crippen LogP contribution in [0.4, 0.5) is 0 Å². The number of methoxy groups -OCH3 is 1. The van der Waals surface area contributed by atoms with Crippen LogP contribution in [0.25, 0.3) is 0 Å². The number of ketones is 1. The van der Waals surface area contributed by atoms with Crippen molar-refractivity contribution in [2.45, 2.75) is 90.1 Å². The lowest BCUT2D eigenvalue weighted by molar-refractivity contribution is -0.152. The highest BCUT2D eigenvalue weighted by atomic mass is 32.1. The zero-order valence-corrected chi connectivity index (χ0v) is 22.8. The van der Waals surface area contributed by atoms with E-state index in [4.69, 9.17) is 17.0 Å². The first-order chi connectivity index (χ1) is 17.3. The number of rotatable bonds is 9. The van der Waals surface area contributed by atoms with Crippen LogP contribution in [-0.4, -0.2) is 59.7 Å². The maximum absolute atomic E-state index is 13.3. The monoisotopic (exact) mass is 512 g/mol. The first kappa shape index (κ1) is 26.9. The van der Waals surface area contributed by atoms with Gasteiger partial charge >= 0.3 is 5.97 Å². The minimum Gasteiger partial charge on any atom is -0.467 e. The van der Waals surface area contributed by atoms with Gasteiger partial charge in [-0.2, -0.15) is 0 Å². The number of likely N-dealkylation sites (tertiary alicyclic amines) is 1. The molecule has 2 saturated heterocycles. The molecule has 4 atom stereocenters. The van der Waals surface area contributed by atoms with E-state index >= 15 is 0 Å². The standard InChI is InChI=1S/C29H40N2O4S/c1-18-14-21-12-11-20(16-22(21)15-19(18)2)8-5-4-6-10-24(32)26-25(36)17-30-27(26)28(33)31-13-7-9-23(31)29(34)35-3/h14-15,20,23,26-27,30H,4-13,16-17H2,1-3H3/t20?,23-,26?,27-/m0/s1. The summed E-state index contributed by atoms with van der Waals surface area (Å²) in [7, 11) is 1.34. The molecule has 0 aromatic heterocycles. The van der Waals surface area contributed by atoms with Crippen LogP contribution in [0.2, 0.25) is 0 Å². The summed E-state index contributed by atoms with van der Waals surface area (Å²) in [5, 5.41) is 3.15. The van der Waals surface area contributed by atoms with Gasteiger partial charge in [-0.25, -0.2) is 4.79 Å². The van der Waals surface area contributed by atoms with E-state index in [0.717, 1.165) is 31.6 Å². The molecule has 0 spiro atoms. The van der Waals surface area contributed by atoms with Crippen molar-refractivity contribution in [2.24, 2.45) is 11.8 Å². The number of fused-ring (bicyclic) bond motifs is 1. The van der Waals surface area contributed by atoms with Crippen molar-refractivity contribution in [2.75, 3.05) is 20.2 Å². The molecule has 1 aromatic carbocycles. The number of ether oxygens (including phenoxy) is 1.